The van der Waals surface area contributed by atoms with E-state index in [0.29, 0.717) is 5.56 Å². The van der Waals surface area contributed by atoms with Crippen LogP contribution in [0.15, 0.2) is 48.5 Å². The number of carboxylic acids is 1. The van der Waals surface area contributed by atoms with E-state index in [1.165, 1.54) is 18.2 Å². The molecule has 2 aliphatic heterocycles. The van der Waals surface area contributed by atoms with Gasteiger partial charge in [-0.25, -0.2) is 4.79 Å². The number of nitrogens with zero attached hydrogens (tertiary/aromatic N) is 2. The molecule has 2 N–H and O–H groups in total. The lowest BCUT2D eigenvalue weighted by Crippen LogP contribution is -2.53. The molecule has 142 valence electrons. The minimum absolute atomic E-state index is 0.0185. The number of anilines is 1. The lowest BCUT2D eigenvalue weighted by atomic mass is 9.91. The van der Waals surface area contributed by atoms with Crippen LogP contribution in [-0.4, -0.2) is 40.4 Å². The number of fused-ring (bicyclic) bond motifs is 2. The molecule has 4 rings (SSSR count). The molecule has 0 bridgehead atoms. The van der Waals surface area contributed by atoms with E-state index in [2.05, 4.69) is 5.32 Å². The number of aliphatic carboxylic acids is 1. The van der Waals surface area contributed by atoms with Crippen LogP contribution in [0.25, 0.3) is 0 Å². The van der Waals surface area contributed by atoms with E-state index in [0.717, 1.165) is 9.80 Å². The van der Waals surface area contributed by atoms with Gasteiger partial charge < -0.3 is 10.4 Å². The van der Waals surface area contributed by atoms with Gasteiger partial charge in [0.15, 0.2) is 0 Å². The second kappa shape index (κ2) is 6.35. The zero-order valence-electron chi connectivity index (χ0n) is 14.4. The molecule has 9 heteroatoms. The van der Waals surface area contributed by atoms with Crippen LogP contribution in [0.2, 0.25) is 5.02 Å². The van der Waals surface area contributed by atoms with E-state index in [1.54, 1.807) is 30.3 Å². The van der Waals surface area contributed by atoms with E-state index in [4.69, 9.17) is 16.7 Å². The number of carboxylic acid groups (broad SMARTS) is 1. The highest BCUT2D eigenvalue weighted by atomic mass is 35.5. The molecule has 1 saturated heterocycles. The van der Waals surface area contributed by atoms with Crippen molar-refractivity contribution in [3.63, 3.8) is 0 Å². The van der Waals surface area contributed by atoms with Gasteiger partial charge >= 0.3 is 12.0 Å². The Morgan fingerprint density at radius 1 is 1.04 bits per heavy atom. The molecule has 0 radical (unpaired) electrons. The SMILES string of the molecule is O=C(O)CN1C(=O)C2(NC(=O)N(Cc3ccccc3)C2=O)c2cc(Cl)ccc21. The molecule has 1 unspecified atom stereocenters. The minimum Gasteiger partial charge on any atom is -0.480 e. The lowest BCUT2D eigenvalue weighted by molar-refractivity contribution is -0.141. The van der Waals surface area contributed by atoms with E-state index >= 15 is 0 Å². The van der Waals surface area contributed by atoms with Gasteiger partial charge in [0.25, 0.3) is 11.8 Å². The number of imide groups is 1. The summed E-state index contributed by atoms with van der Waals surface area (Å²) < 4.78 is 0. The van der Waals surface area contributed by atoms with Crippen molar-refractivity contribution < 1.29 is 24.3 Å². The minimum atomic E-state index is -2.01. The summed E-state index contributed by atoms with van der Waals surface area (Å²) in [6.07, 6.45) is 0. The predicted octanol–water partition coefficient (Wildman–Crippen LogP) is 1.72. The topological polar surface area (TPSA) is 107 Å². The van der Waals surface area contributed by atoms with Gasteiger partial charge in [-0.15, -0.1) is 0 Å². The summed E-state index contributed by atoms with van der Waals surface area (Å²) in [5.41, 5.74) is -0.906. The third kappa shape index (κ3) is 2.53. The van der Waals surface area contributed by atoms with Crippen LogP contribution in [0.4, 0.5) is 10.5 Å². The Morgan fingerprint density at radius 3 is 2.39 bits per heavy atom. The first-order valence-electron chi connectivity index (χ1n) is 8.36. The molecule has 0 aliphatic carbocycles. The molecule has 0 aromatic heterocycles. The fourth-order valence-corrected chi connectivity index (χ4v) is 3.75. The van der Waals surface area contributed by atoms with Crippen LogP contribution in [0, 0.1) is 0 Å². The molecular formula is C19H14ClN3O5. The Kier molecular flexibility index (Phi) is 4.08. The summed E-state index contributed by atoms with van der Waals surface area (Å²) in [6.45, 7) is -0.660. The third-order valence-electron chi connectivity index (χ3n) is 4.80. The zero-order valence-corrected chi connectivity index (χ0v) is 15.1. The molecule has 4 amide bonds. The standard InChI is InChI=1S/C19H14ClN3O5/c20-12-6-7-14-13(8-12)19(16(26)22(14)10-15(24)25)17(27)23(18(28)21-19)9-11-4-2-1-3-5-11/h1-8H,9-10H2,(H,21,28)(H,24,25). The number of halogens is 1. The number of benzene rings is 2. The highest BCUT2D eigenvalue weighted by molar-refractivity contribution is 6.32. The first kappa shape index (κ1) is 18.0. The number of urea groups is 1. The smallest absolute Gasteiger partial charge is 0.326 e. The molecule has 1 fully saturated rings. The van der Waals surface area contributed by atoms with Gasteiger partial charge in [0.05, 0.1) is 12.2 Å². The van der Waals surface area contributed by atoms with E-state index < -0.39 is 35.9 Å². The van der Waals surface area contributed by atoms with Crippen molar-refractivity contribution >= 4 is 41.1 Å². The fraction of sp³-hybridized carbons (Fsp3) is 0.158. The molecule has 8 nitrogen and oxygen atoms in total. The van der Waals surface area contributed by atoms with Gasteiger partial charge in [0.1, 0.15) is 6.54 Å². The van der Waals surface area contributed by atoms with Gasteiger partial charge in [0, 0.05) is 10.6 Å². The van der Waals surface area contributed by atoms with E-state index in [1.807, 2.05) is 0 Å². The van der Waals surface area contributed by atoms with Crippen molar-refractivity contribution in [1.82, 2.24) is 10.2 Å². The third-order valence-corrected chi connectivity index (χ3v) is 5.04. The van der Waals surface area contributed by atoms with E-state index in [-0.39, 0.29) is 22.8 Å². The molecule has 2 aromatic carbocycles. The number of hydrogen-bond donors (Lipinski definition) is 2. The van der Waals surface area contributed by atoms with Crippen molar-refractivity contribution in [2.45, 2.75) is 12.1 Å². The second-order valence-corrected chi connectivity index (χ2v) is 6.94. The molecule has 2 aromatic rings. The number of amides is 4. The largest absolute Gasteiger partial charge is 0.480 e. The Morgan fingerprint density at radius 2 is 1.71 bits per heavy atom. The maximum absolute atomic E-state index is 13.3. The number of carbonyl (C=O) groups excluding carboxylic acids is 3. The van der Waals surface area contributed by atoms with Crippen molar-refractivity contribution in [2.75, 3.05) is 11.4 Å². The van der Waals surface area contributed by atoms with Gasteiger partial charge in [-0.05, 0) is 23.8 Å². The summed E-state index contributed by atoms with van der Waals surface area (Å²) in [5.74, 6) is -2.83. The van der Waals surface area contributed by atoms with Crippen LogP contribution in [0.1, 0.15) is 11.1 Å². The highest BCUT2D eigenvalue weighted by Gasteiger charge is 2.64. The van der Waals surface area contributed by atoms with Gasteiger partial charge in [-0.1, -0.05) is 41.9 Å². The monoisotopic (exact) mass is 399 g/mol. The maximum Gasteiger partial charge on any atom is 0.326 e. The fourth-order valence-electron chi connectivity index (χ4n) is 3.58. The van der Waals surface area contributed by atoms with Gasteiger partial charge in [-0.2, -0.15) is 0 Å². The normalized spacial score (nSPS) is 20.7. The van der Waals surface area contributed by atoms with Crippen molar-refractivity contribution in [1.29, 1.82) is 0 Å². The number of rotatable bonds is 4. The lowest BCUT2D eigenvalue weighted by Gasteiger charge is -2.21. The number of hydrogen-bond acceptors (Lipinski definition) is 4. The molecular weight excluding hydrogens is 386 g/mol. The summed E-state index contributed by atoms with van der Waals surface area (Å²) >= 11 is 6.05. The maximum atomic E-state index is 13.3. The predicted molar refractivity (Wildman–Crippen MR) is 98.6 cm³/mol. The Bertz CT molecular complexity index is 1030. The van der Waals surface area contributed by atoms with Crippen molar-refractivity contribution in [3.8, 4) is 0 Å². The van der Waals surface area contributed by atoms with Crippen LogP contribution in [-0.2, 0) is 26.5 Å². The summed E-state index contributed by atoms with van der Waals surface area (Å²) in [6, 6.07) is 12.5. The molecule has 0 saturated carbocycles. The zero-order chi connectivity index (χ0) is 20.1. The summed E-state index contributed by atoms with van der Waals surface area (Å²) in [7, 11) is 0. The van der Waals surface area contributed by atoms with E-state index in [9.17, 15) is 19.2 Å². The summed E-state index contributed by atoms with van der Waals surface area (Å²) in [5, 5.41) is 11.9. The van der Waals surface area contributed by atoms with Gasteiger partial charge in [0.2, 0.25) is 5.54 Å². The Balaban J connectivity index is 1.79. The van der Waals surface area contributed by atoms with Crippen molar-refractivity contribution in [2.24, 2.45) is 0 Å². The average molecular weight is 400 g/mol. The first-order valence-corrected chi connectivity index (χ1v) is 8.74. The Labute approximate surface area is 164 Å². The van der Waals surface area contributed by atoms with Crippen LogP contribution in [0.5, 0.6) is 0 Å². The molecule has 1 spiro atoms. The van der Waals surface area contributed by atoms with Crippen LogP contribution < -0.4 is 10.2 Å². The summed E-state index contributed by atoms with van der Waals surface area (Å²) in [4.78, 5) is 52.1. The molecule has 1 atom stereocenters. The first-order chi connectivity index (χ1) is 13.3. The average Bonchev–Trinajstić information content (AvgIpc) is 3.03. The molecule has 2 aliphatic rings. The second-order valence-electron chi connectivity index (χ2n) is 6.50. The van der Waals surface area contributed by atoms with Crippen LogP contribution >= 0.6 is 11.6 Å². The molecule has 2 heterocycles. The highest BCUT2D eigenvalue weighted by Crippen LogP contribution is 2.45. The Hall–Kier alpha value is -3.39. The molecule has 28 heavy (non-hydrogen) atoms. The number of nitrogens with one attached hydrogen (secondary N) is 1. The van der Waals surface area contributed by atoms with Crippen LogP contribution in [0.3, 0.4) is 0 Å². The quantitative estimate of drug-likeness (QED) is 0.601. The number of carbonyl (C=O) groups is 4. The van der Waals surface area contributed by atoms with Gasteiger partial charge in [-0.3, -0.25) is 24.2 Å². The van der Waals surface area contributed by atoms with Crippen molar-refractivity contribution in [3.05, 3.63) is 64.7 Å².